The summed E-state index contributed by atoms with van der Waals surface area (Å²) in [6, 6.07) is 10.3. The molecule has 1 fully saturated rings. The summed E-state index contributed by atoms with van der Waals surface area (Å²) in [6.45, 7) is 3.45. The molecule has 86 valence electrons. The SMILES string of the molecule is N#CCC#Cc1cccc(CN2CCCC2)c1. The Morgan fingerprint density at radius 1 is 1.24 bits per heavy atom. The van der Waals surface area contributed by atoms with Crippen LogP contribution in [0.3, 0.4) is 0 Å². The van der Waals surface area contributed by atoms with Crippen molar-refractivity contribution in [3.63, 3.8) is 0 Å². The van der Waals surface area contributed by atoms with E-state index in [-0.39, 0.29) is 0 Å². The molecular formula is C15H16N2. The highest BCUT2D eigenvalue weighted by Crippen LogP contribution is 2.13. The number of hydrogen-bond acceptors (Lipinski definition) is 2. The topological polar surface area (TPSA) is 27.0 Å². The quantitative estimate of drug-likeness (QED) is 0.722. The van der Waals surface area contributed by atoms with Gasteiger partial charge in [-0.15, -0.1) is 0 Å². The lowest BCUT2D eigenvalue weighted by atomic mass is 10.1. The summed E-state index contributed by atoms with van der Waals surface area (Å²) in [6.07, 6.45) is 2.94. The third-order valence-electron chi connectivity index (χ3n) is 2.93. The van der Waals surface area contributed by atoms with E-state index >= 15 is 0 Å². The molecule has 1 saturated heterocycles. The van der Waals surface area contributed by atoms with Crippen molar-refractivity contribution in [1.82, 2.24) is 4.90 Å². The monoisotopic (exact) mass is 224 g/mol. The molecule has 1 aliphatic heterocycles. The van der Waals surface area contributed by atoms with E-state index in [0.29, 0.717) is 6.42 Å². The zero-order chi connectivity index (χ0) is 11.9. The molecule has 17 heavy (non-hydrogen) atoms. The molecule has 1 aromatic carbocycles. The Balaban J connectivity index is 2.01. The van der Waals surface area contributed by atoms with Gasteiger partial charge in [0.05, 0.1) is 12.5 Å². The third-order valence-corrected chi connectivity index (χ3v) is 2.93. The predicted molar refractivity (Wildman–Crippen MR) is 68.1 cm³/mol. The molecule has 0 bridgehead atoms. The van der Waals surface area contributed by atoms with E-state index in [2.05, 4.69) is 28.9 Å². The fourth-order valence-corrected chi connectivity index (χ4v) is 2.13. The van der Waals surface area contributed by atoms with E-state index in [1.807, 2.05) is 18.2 Å². The van der Waals surface area contributed by atoms with Crippen LogP contribution in [0, 0.1) is 23.2 Å². The van der Waals surface area contributed by atoms with Crippen molar-refractivity contribution in [3.8, 4) is 17.9 Å². The summed E-state index contributed by atoms with van der Waals surface area (Å²) in [4.78, 5) is 2.47. The summed E-state index contributed by atoms with van der Waals surface area (Å²) < 4.78 is 0. The van der Waals surface area contributed by atoms with Crippen LogP contribution in [0.5, 0.6) is 0 Å². The minimum atomic E-state index is 0.302. The Labute approximate surface area is 103 Å². The molecule has 0 atom stereocenters. The minimum absolute atomic E-state index is 0.302. The number of likely N-dealkylation sites (tertiary alicyclic amines) is 1. The van der Waals surface area contributed by atoms with Gasteiger partial charge in [0, 0.05) is 12.1 Å². The summed E-state index contributed by atoms with van der Waals surface area (Å²) >= 11 is 0. The van der Waals surface area contributed by atoms with Gasteiger partial charge in [-0.2, -0.15) is 5.26 Å². The molecule has 0 aromatic heterocycles. The van der Waals surface area contributed by atoms with Crippen molar-refractivity contribution in [3.05, 3.63) is 35.4 Å². The first-order valence-corrected chi connectivity index (χ1v) is 6.05. The van der Waals surface area contributed by atoms with Crippen molar-refractivity contribution in [2.75, 3.05) is 13.1 Å². The second-order valence-corrected chi connectivity index (χ2v) is 4.32. The maximum Gasteiger partial charge on any atom is 0.0966 e. The van der Waals surface area contributed by atoms with E-state index in [0.717, 1.165) is 12.1 Å². The fraction of sp³-hybridized carbons (Fsp3) is 0.400. The van der Waals surface area contributed by atoms with Crippen molar-refractivity contribution in [1.29, 1.82) is 5.26 Å². The van der Waals surface area contributed by atoms with E-state index in [9.17, 15) is 0 Å². The molecule has 0 saturated carbocycles. The summed E-state index contributed by atoms with van der Waals surface area (Å²) in [5.41, 5.74) is 2.33. The summed E-state index contributed by atoms with van der Waals surface area (Å²) in [5, 5.41) is 8.43. The number of nitrogens with zero attached hydrogens (tertiary/aromatic N) is 2. The maximum absolute atomic E-state index is 8.43. The van der Waals surface area contributed by atoms with Crippen molar-refractivity contribution < 1.29 is 0 Å². The molecule has 0 aliphatic carbocycles. The number of hydrogen-bond donors (Lipinski definition) is 0. The molecule has 0 radical (unpaired) electrons. The highest BCUT2D eigenvalue weighted by Gasteiger charge is 2.11. The van der Waals surface area contributed by atoms with Crippen LogP contribution in [-0.4, -0.2) is 18.0 Å². The van der Waals surface area contributed by atoms with Crippen LogP contribution < -0.4 is 0 Å². The summed E-state index contributed by atoms with van der Waals surface area (Å²) in [7, 11) is 0. The fourth-order valence-electron chi connectivity index (χ4n) is 2.13. The minimum Gasteiger partial charge on any atom is -0.299 e. The molecule has 2 heteroatoms. The molecule has 1 aliphatic rings. The first kappa shape index (κ1) is 11.7. The van der Waals surface area contributed by atoms with Crippen molar-refractivity contribution in [2.24, 2.45) is 0 Å². The van der Waals surface area contributed by atoms with Gasteiger partial charge in [0.2, 0.25) is 0 Å². The van der Waals surface area contributed by atoms with Crippen LogP contribution in [-0.2, 0) is 6.54 Å². The van der Waals surface area contributed by atoms with E-state index in [1.165, 1.54) is 31.5 Å². The Bertz CT molecular complexity index is 468. The lowest BCUT2D eigenvalue weighted by Gasteiger charge is -2.14. The lowest BCUT2D eigenvalue weighted by Crippen LogP contribution is -2.18. The molecule has 0 amide bonds. The Kier molecular flexibility index (Phi) is 4.19. The number of nitriles is 1. The van der Waals surface area contributed by atoms with Gasteiger partial charge < -0.3 is 0 Å². The smallest absolute Gasteiger partial charge is 0.0966 e. The maximum atomic E-state index is 8.43. The van der Waals surface area contributed by atoms with E-state index < -0.39 is 0 Å². The van der Waals surface area contributed by atoms with Crippen LogP contribution in [0.4, 0.5) is 0 Å². The number of benzene rings is 1. The zero-order valence-corrected chi connectivity index (χ0v) is 9.95. The van der Waals surface area contributed by atoms with Gasteiger partial charge in [0.25, 0.3) is 0 Å². The molecule has 2 rings (SSSR count). The van der Waals surface area contributed by atoms with Crippen LogP contribution in [0.2, 0.25) is 0 Å². The van der Waals surface area contributed by atoms with Gasteiger partial charge in [-0.05, 0) is 43.6 Å². The second kappa shape index (κ2) is 6.09. The van der Waals surface area contributed by atoms with Crippen LogP contribution >= 0.6 is 0 Å². The highest BCUT2D eigenvalue weighted by atomic mass is 15.1. The number of rotatable bonds is 2. The Hall–Kier alpha value is -1.77. The molecule has 1 aromatic rings. The Morgan fingerprint density at radius 2 is 2.06 bits per heavy atom. The average Bonchev–Trinajstić information content (AvgIpc) is 2.83. The molecular weight excluding hydrogens is 208 g/mol. The standard InChI is InChI=1S/C15H16N2/c16-9-2-1-6-14-7-5-8-15(12-14)13-17-10-3-4-11-17/h5,7-8,12H,2-4,10-11,13H2. The zero-order valence-electron chi connectivity index (χ0n) is 9.95. The van der Waals surface area contributed by atoms with Crippen LogP contribution in [0.1, 0.15) is 30.4 Å². The molecule has 0 N–H and O–H groups in total. The van der Waals surface area contributed by atoms with Crippen LogP contribution in [0.25, 0.3) is 0 Å². The van der Waals surface area contributed by atoms with Crippen molar-refractivity contribution >= 4 is 0 Å². The molecule has 0 spiro atoms. The largest absolute Gasteiger partial charge is 0.299 e. The first-order valence-electron chi connectivity index (χ1n) is 6.05. The molecule has 2 nitrogen and oxygen atoms in total. The van der Waals surface area contributed by atoms with Gasteiger partial charge in [-0.1, -0.05) is 24.0 Å². The second-order valence-electron chi connectivity index (χ2n) is 4.32. The average molecular weight is 224 g/mol. The van der Waals surface area contributed by atoms with Gasteiger partial charge in [0.1, 0.15) is 0 Å². The predicted octanol–water partition coefficient (Wildman–Crippen LogP) is 2.55. The first-order chi connectivity index (χ1) is 8.38. The highest BCUT2D eigenvalue weighted by molar-refractivity contribution is 5.37. The summed E-state index contributed by atoms with van der Waals surface area (Å²) in [5.74, 6) is 5.87. The van der Waals surface area contributed by atoms with E-state index in [4.69, 9.17) is 5.26 Å². The van der Waals surface area contributed by atoms with Gasteiger partial charge >= 0.3 is 0 Å². The van der Waals surface area contributed by atoms with E-state index in [1.54, 1.807) is 0 Å². The lowest BCUT2D eigenvalue weighted by molar-refractivity contribution is 0.331. The van der Waals surface area contributed by atoms with Gasteiger partial charge in [-0.3, -0.25) is 4.90 Å². The van der Waals surface area contributed by atoms with Gasteiger partial charge in [-0.25, -0.2) is 0 Å². The van der Waals surface area contributed by atoms with Crippen LogP contribution in [0.15, 0.2) is 24.3 Å². The molecule has 1 heterocycles. The Morgan fingerprint density at radius 3 is 2.82 bits per heavy atom. The molecule has 0 unspecified atom stereocenters. The van der Waals surface area contributed by atoms with Gasteiger partial charge in [0.15, 0.2) is 0 Å². The van der Waals surface area contributed by atoms with Crippen molar-refractivity contribution in [2.45, 2.75) is 25.8 Å². The normalized spacial score (nSPS) is 15.0. The third kappa shape index (κ3) is 3.63.